The van der Waals surface area contributed by atoms with Crippen molar-refractivity contribution in [2.75, 3.05) is 26.1 Å². The zero-order valence-electron chi connectivity index (χ0n) is 19.2. The van der Waals surface area contributed by atoms with E-state index in [-0.39, 0.29) is 23.9 Å². The minimum absolute atomic E-state index is 0.227. The summed E-state index contributed by atoms with van der Waals surface area (Å²) in [4.78, 5) is 38.1. The predicted octanol–water partition coefficient (Wildman–Crippen LogP) is 5.42. The van der Waals surface area contributed by atoms with Crippen LogP contribution in [0.25, 0.3) is 0 Å². The van der Waals surface area contributed by atoms with Crippen molar-refractivity contribution >= 4 is 50.1 Å². The van der Waals surface area contributed by atoms with Crippen molar-refractivity contribution in [1.82, 2.24) is 0 Å². The summed E-state index contributed by atoms with van der Waals surface area (Å²) in [5.41, 5.74) is 2.09. The van der Waals surface area contributed by atoms with Crippen LogP contribution in [0.2, 0.25) is 0 Å². The maximum Gasteiger partial charge on any atom is 0.341 e. The minimum atomic E-state index is -0.573. The van der Waals surface area contributed by atoms with Gasteiger partial charge in [-0.1, -0.05) is 19.9 Å². The molecule has 1 aliphatic carbocycles. The Bertz CT molecular complexity index is 1050. The summed E-state index contributed by atoms with van der Waals surface area (Å²) in [5, 5.41) is 3.24. The van der Waals surface area contributed by atoms with E-state index in [0.29, 0.717) is 42.4 Å². The van der Waals surface area contributed by atoms with Crippen LogP contribution < -0.4 is 10.1 Å². The van der Waals surface area contributed by atoms with Crippen LogP contribution in [0.4, 0.5) is 5.00 Å². The highest BCUT2D eigenvalue weighted by molar-refractivity contribution is 9.10. The number of methoxy groups -OCH3 is 2. The van der Waals surface area contributed by atoms with Gasteiger partial charge in [-0.2, -0.15) is 0 Å². The van der Waals surface area contributed by atoms with E-state index < -0.39 is 11.9 Å². The molecule has 9 heteroatoms. The first-order valence-electron chi connectivity index (χ1n) is 10.8. The number of aryl methyl sites for hydroxylation is 1. The number of anilines is 1. The molecule has 1 atom stereocenters. The van der Waals surface area contributed by atoms with Gasteiger partial charge in [-0.3, -0.25) is 9.59 Å². The lowest BCUT2D eigenvalue weighted by atomic mass is 9.99. The topological polar surface area (TPSA) is 90.9 Å². The first-order valence-corrected chi connectivity index (χ1v) is 12.4. The molecular formula is C24H28BrNO6S. The molecule has 178 valence electrons. The van der Waals surface area contributed by atoms with Crippen LogP contribution >= 0.6 is 27.3 Å². The van der Waals surface area contributed by atoms with Crippen LogP contribution in [0.5, 0.6) is 5.75 Å². The second kappa shape index (κ2) is 11.2. The van der Waals surface area contributed by atoms with E-state index in [9.17, 15) is 14.4 Å². The van der Waals surface area contributed by atoms with Gasteiger partial charge in [-0.25, -0.2) is 4.79 Å². The summed E-state index contributed by atoms with van der Waals surface area (Å²) in [5.74, 6) is -0.551. The van der Waals surface area contributed by atoms with Crippen molar-refractivity contribution < 1.29 is 28.6 Å². The van der Waals surface area contributed by atoms with Gasteiger partial charge >= 0.3 is 11.9 Å². The van der Waals surface area contributed by atoms with Crippen LogP contribution in [0.15, 0.2) is 22.7 Å². The number of esters is 2. The molecular weight excluding hydrogens is 510 g/mol. The minimum Gasteiger partial charge on any atom is -0.492 e. The Kier molecular flexibility index (Phi) is 8.53. The lowest BCUT2D eigenvalue weighted by molar-refractivity contribution is -0.142. The molecule has 3 rings (SSSR count). The lowest BCUT2D eigenvalue weighted by Crippen LogP contribution is -2.18. The summed E-state index contributed by atoms with van der Waals surface area (Å²) in [6.45, 7) is 4.64. The van der Waals surface area contributed by atoms with Gasteiger partial charge in [0.15, 0.2) is 0 Å². The SMILES string of the molecule is COC(=O)c1c(NC(=O)CCCOc2ccc(C(C)C)cc2Br)sc2c1C(C(=O)OC)CC2. The van der Waals surface area contributed by atoms with Gasteiger partial charge in [-0.15, -0.1) is 11.3 Å². The number of halogens is 1. The summed E-state index contributed by atoms with van der Waals surface area (Å²) in [6.07, 6.45) is 1.97. The highest BCUT2D eigenvalue weighted by Gasteiger charge is 2.38. The third-order valence-electron chi connectivity index (χ3n) is 5.59. The highest BCUT2D eigenvalue weighted by atomic mass is 79.9. The fourth-order valence-electron chi connectivity index (χ4n) is 3.83. The Labute approximate surface area is 205 Å². The van der Waals surface area contributed by atoms with E-state index in [1.807, 2.05) is 18.2 Å². The van der Waals surface area contributed by atoms with Crippen LogP contribution in [0.3, 0.4) is 0 Å². The molecule has 33 heavy (non-hydrogen) atoms. The number of amides is 1. The van der Waals surface area contributed by atoms with Crippen LogP contribution in [-0.4, -0.2) is 38.7 Å². The predicted molar refractivity (Wildman–Crippen MR) is 130 cm³/mol. The standard InChI is InChI=1S/C24H28BrNO6S/c1-13(2)14-7-9-17(16(25)12-14)32-11-5-6-19(27)26-22-21(24(29)31-4)20-15(23(28)30-3)8-10-18(20)33-22/h7,9,12-13,15H,5-6,8,10-11H2,1-4H3,(H,26,27). The molecule has 0 saturated heterocycles. The van der Waals surface area contributed by atoms with E-state index in [4.69, 9.17) is 14.2 Å². The van der Waals surface area contributed by atoms with E-state index >= 15 is 0 Å². The molecule has 1 amide bonds. The summed E-state index contributed by atoms with van der Waals surface area (Å²) >= 11 is 4.85. The number of carbonyl (C=O) groups excluding carboxylic acids is 3. The molecule has 1 heterocycles. The zero-order valence-corrected chi connectivity index (χ0v) is 21.6. The third kappa shape index (κ3) is 5.76. The third-order valence-corrected chi connectivity index (χ3v) is 7.39. The summed E-state index contributed by atoms with van der Waals surface area (Å²) in [7, 11) is 2.61. The largest absolute Gasteiger partial charge is 0.492 e. The molecule has 2 aromatic rings. The molecule has 0 fully saturated rings. The normalized spacial score (nSPS) is 14.7. The second-order valence-corrected chi connectivity index (χ2v) is 10.1. The number of nitrogens with one attached hydrogen (secondary N) is 1. The van der Waals surface area contributed by atoms with Gasteiger partial charge in [0.05, 0.1) is 36.8 Å². The van der Waals surface area contributed by atoms with E-state index in [0.717, 1.165) is 15.1 Å². The van der Waals surface area contributed by atoms with Crippen molar-refractivity contribution in [3.05, 3.63) is 44.2 Å². The van der Waals surface area contributed by atoms with Crippen molar-refractivity contribution in [1.29, 1.82) is 0 Å². The molecule has 1 N–H and O–H groups in total. The average Bonchev–Trinajstić information content (AvgIpc) is 3.35. The number of ether oxygens (including phenoxy) is 3. The molecule has 7 nitrogen and oxygen atoms in total. The molecule has 0 bridgehead atoms. The number of fused-ring (bicyclic) bond motifs is 1. The molecule has 1 aromatic heterocycles. The summed E-state index contributed by atoms with van der Waals surface area (Å²) in [6, 6.07) is 6.00. The zero-order chi connectivity index (χ0) is 24.1. The van der Waals surface area contributed by atoms with Gasteiger partial charge in [0.1, 0.15) is 10.8 Å². The Morgan fingerprint density at radius 2 is 1.97 bits per heavy atom. The number of hydrogen-bond donors (Lipinski definition) is 1. The van der Waals surface area contributed by atoms with E-state index in [2.05, 4.69) is 35.1 Å². The summed E-state index contributed by atoms with van der Waals surface area (Å²) < 4.78 is 16.5. The number of rotatable bonds is 9. The van der Waals surface area contributed by atoms with Crippen molar-refractivity contribution in [3.63, 3.8) is 0 Å². The van der Waals surface area contributed by atoms with Gasteiger partial charge < -0.3 is 19.5 Å². The van der Waals surface area contributed by atoms with Crippen molar-refractivity contribution in [2.24, 2.45) is 0 Å². The van der Waals surface area contributed by atoms with Crippen molar-refractivity contribution in [3.8, 4) is 5.75 Å². The Balaban J connectivity index is 1.61. The maximum atomic E-state index is 12.6. The molecule has 1 unspecified atom stereocenters. The molecule has 1 aromatic carbocycles. The van der Waals surface area contributed by atoms with E-state index in [1.165, 1.54) is 31.1 Å². The van der Waals surface area contributed by atoms with Crippen LogP contribution in [-0.2, 0) is 25.5 Å². The molecule has 0 radical (unpaired) electrons. The molecule has 1 aliphatic rings. The van der Waals surface area contributed by atoms with Gasteiger partial charge in [-0.05, 0) is 64.4 Å². The molecule has 0 spiro atoms. The first-order chi connectivity index (χ1) is 15.8. The van der Waals surface area contributed by atoms with Crippen LogP contribution in [0.1, 0.15) is 71.3 Å². The quantitative estimate of drug-likeness (QED) is 0.339. The number of carbonyl (C=O) groups is 3. The average molecular weight is 538 g/mol. The van der Waals surface area contributed by atoms with Gasteiger partial charge in [0, 0.05) is 11.3 Å². The highest BCUT2D eigenvalue weighted by Crippen LogP contribution is 2.46. The monoisotopic (exact) mass is 537 g/mol. The number of thiophene rings is 1. The Morgan fingerprint density at radius 1 is 1.21 bits per heavy atom. The molecule has 0 saturated carbocycles. The van der Waals surface area contributed by atoms with Crippen LogP contribution in [0, 0.1) is 0 Å². The smallest absolute Gasteiger partial charge is 0.341 e. The van der Waals surface area contributed by atoms with Gasteiger partial charge in [0.25, 0.3) is 0 Å². The number of benzene rings is 1. The second-order valence-electron chi connectivity index (χ2n) is 8.09. The Hall–Kier alpha value is -2.39. The fourth-order valence-corrected chi connectivity index (χ4v) is 5.62. The number of hydrogen-bond acceptors (Lipinski definition) is 7. The fraction of sp³-hybridized carbons (Fsp3) is 0.458. The lowest BCUT2D eigenvalue weighted by Gasteiger charge is -2.12. The Morgan fingerprint density at radius 3 is 2.61 bits per heavy atom. The van der Waals surface area contributed by atoms with E-state index in [1.54, 1.807) is 0 Å². The molecule has 0 aliphatic heterocycles. The first kappa shape index (κ1) is 25.2. The van der Waals surface area contributed by atoms with Gasteiger partial charge in [0.2, 0.25) is 5.91 Å². The van der Waals surface area contributed by atoms with Crippen molar-refractivity contribution in [2.45, 2.75) is 51.4 Å². The maximum absolute atomic E-state index is 12.6.